The van der Waals surface area contributed by atoms with E-state index in [0.717, 1.165) is 24.6 Å². The molecule has 2 rings (SSSR count). The van der Waals surface area contributed by atoms with Crippen LogP contribution < -0.4 is 5.32 Å². The lowest BCUT2D eigenvalue weighted by atomic mass is 9.84. The van der Waals surface area contributed by atoms with E-state index in [2.05, 4.69) is 47.2 Å². The van der Waals surface area contributed by atoms with Crippen LogP contribution in [0.1, 0.15) is 56.8 Å². The van der Waals surface area contributed by atoms with Crippen molar-refractivity contribution in [3.63, 3.8) is 0 Å². The van der Waals surface area contributed by atoms with Gasteiger partial charge in [0.05, 0.1) is 15.9 Å². The van der Waals surface area contributed by atoms with Crippen molar-refractivity contribution in [3.05, 3.63) is 15.9 Å². The average molecular weight is 342 g/mol. The number of aryl methyl sites for hydroxylation is 2. The van der Waals surface area contributed by atoms with Crippen molar-refractivity contribution in [2.45, 2.75) is 64.8 Å². The van der Waals surface area contributed by atoms with Crippen molar-refractivity contribution in [2.75, 3.05) is 6.54 Å². The topological polar surface area (TPSA) is 29.9 Å². The van der Waals surface area contributed by atoms with Crippen LogP contribution in [-0.4, -0.2) is 22.4 Å². The number of hydrogen-bond acceptors (Lipinski definition) is 2. The zero-order valence-electron chi connectivity index (χ0n) is 13.1. The third kappa shape index (κ3) is 4.08. The van der Waals surface area contributed by atoms with Gasteiger partial charge in [-0.2, -0.15) is 5.10 Å². The summed E-state index contributed by atoms with van der Waals surface area (Å²) < 4.78 is 3.22. The Balaban J connectivity index is 2.00. The van der Waals surface area contributed by atoms with Gasteiger partial charge in [-0.05, 0) is 41.7 Å². The second kappa shape index (κ2) is 7.60. The molecule has 1 saturated carbocycles. The van der Waals surface area contributed by atoms with Crippen LogP contribution in [0.2, 0.25) is 0 Å². The van der Waals surface area contributed by atoms with Gasteiger partial charge < -0.3 is 5.32 Å². The summed E-state index contributed by atoms with van der Waals surface area (Å²) in [6, 6.07) is 0.578. The highest BCUT2D eigenvalue weighted by atomic mass is 79.9. The molecule has 1 fully saturated rings. The fourth-order valence-corrected chi connectivity index (χ4v) is 3.99. The molecular formula is C16H28BrN3. The van der Waals surface area contributed by atoms with Crippen molar-refractivity contribution < 1.29 is 0 Å². The molecule has 1 unspecified atom stereocenters. The van der Waals surface area contributed by atoms with E-state index in [4.69, 9.17) is 0 Å². The monoisotopic (exact) mass is 341 g/mol. The summed E-state index contributed by atoms with van der Waals surface area (Å²) in [5.41, 5.74) is 2.42. The SMILES string of the molecule is CCNC(Cc1c(Br)c(C)nn1C)CC1CCCCC1. The van der Waals surface area contributed by atoms with Gasteiger partial charge in [-0.3, -0.25) is 4.68 Å². The molecule has 3 nitrogen and oxygen atoms in total. The maximum Gasteiger partial charge on any atom is 0.0738 e. The highest BCUT2D eigenvalue weighted by molar-refractivity contribution is 9.10. The lowest BCUT2D eigenvalue weighted by Gasteiger charge is -2.27. The van der Waals surface area contributed by atoms with Gasteiger partial charge >= 0.3 is 0 Å². The van der Waals surface area contributed by atoms with Gasteiger partial charge in [-0.1, -0.05) is 39.0 Å². The molecule has 1 heterocycles. The van der Waals surface area contributed by atoms with E-state index in [1.54, 1.807) is 0 Å². The lowest BCUT2D eigenvalue weighted by molar-refractivity contribution is 0.296. The summed E-state index contributed by atoms with van der Waals surface area (Å²) >= 11 is 3.69. The first-order valence-electron chi connectivity index (χ1n) is 8.03. The summed E-state index contributed by atoms with van der Waals surface area (Å²) in [5, 5.41) is 8.19. The Labute approximate surface area is 131 Å². The zero-order chi connectivity index (χ0) is 14.5. The van der Waals surface area contributed by atoms with E-state index in [0.29, 0.717) is 6.04 Å². The van der Waals surface area contributed by atoms with Crippen molar-refractivity contribution in [3.8, 4) is 0 Å². The minimum Gasteiger partial charge on any atom is -0.314 e. The number of hydrogen-bond donors (Lipinski definition) is 1. The van der Waals surface area contributed by atoms with Crippen molar-refractivity contribution >= 4 is 15.9 Å². The summed E-state index contributed by atoms with van der Waals surface area (Å²) in [7, 11) is 2.05. The van der Waals surface area contributed by atoms with Crippen LogP contribution in [0.25, 0.3) is 0 Å². The van der Waals surface area contributed by atoms with E-state index < -0.39 is 0 Å². The highest BCUT2D eigenvalue weighted by Gasteiger charge is 2.21. The minimum absolute atomic E-state index is 0.578. The van der Waals surface area contributed by atoms with Gasteiger partial charge in [0, 0.05) is 19.5 Å². The smallest absolute Gasteiger partial charge is 0.0738 e. The Morgan fingerprint density at radius 1 is 1.35 bits per heavy atom. The largest absolute Gasteiger partial charge is 0.314 e. The number of nitrogens with one attached hydrogen (secondary N) is 1. The van der Waals surface area contributed by atoms with Crippen LogP contribution in [-0.2, 0) is 13.5 Å². The van der Waals surface area contributed by atoms with Gasteiger partial charge in [0.25, 0.3) is 0 Å². The lowest BCUT2D eigenvalue weighted by Crippen LogP contribution is -2.34. The molecule has 1 N–H and O–H groups in total. The molecule has 0 bridgehead atoms. The zero-order valence-corrected chi connectivity index (χ0v) is 14.7. The molecule has 1 aromatic heterocycles. The second-order valence-corrected chi connectivity index (χ2v) is 6.96. The van der Waals surface area contributed by atoms with E-state index in [1.165, 1.54) is 48.7 Å². The molecule has 1 atom stereocenters. The van der Waals surface area contributed by atoms with Crippen LogP contribution in [0.15, 0.2) is 4.47 Å². The Morgan fingerprint density at radius 3 is 2.60 bits per heavy atom. The summed E-state index contributed by atoms with van der Waals surface area (Å²) in [6.07, 6.45) is 9.53. The summed E-state index contributed by atoms with van der Waals surface area (Å²) in [4.78, 5) is 0. The first-order valence-corrected chi connectivity index (χ1v) is 8.82. The Kier molecular flexibility index (Phi) is 6.09. The summed E-state index contributed by atoms with van der Waals surface area (Å²) in [6.45, 7) is 5.32. The molecule has 0 aliphatic heterocycles. The maximum atomic E-state index is 4.51. The number of aromatic nitrogens is 2. The van der Waals surface area contributed by atoms with Crippen molar-refractivity contribution in [1.29, 1.82) is 0 Å². The second-order valence-electron chi connectivity index (χ2n) is 6.17. The molecule has 1 aliphatic rings. The first kappa shape index (κ1) is 16.0. The number of rotatable bonds is 6. The molecule has 0 saturated heterocycles. The third-order valence-electron chi connectivity index (χ3n) is 4.54. The normalized spacial score (nSPS) is 18.4. The van der Waals surface area contributed by atoms with Crippen LogP contribution in [0.5, 0.6) is 0 Å². The molecule has 1 aromatic rings. The van der Waals surface area contributed by atoms with E-state index in [9.17, 15) is 0 Å². The standard InChI is InChI=1S/C16H28BrN3/c1-4-18-14(10-13-8-6-5-7-9-13)11-15-16(17)12(2)19-20(15)3/h13-14,18H,4-11H2,1-3H3. The Morgan fingerprint density at radius 2 is 2.05 bits per heavy atom. The van der Waals surface area contributed by atoms with Gasteiger partial charge in [-0.15, -0.1) is 0 Å². The fourth-order valence-electron chi connectivity index (χ4n) is 3.49. The van der Waals surface area contributed by atoms with Crippen LogP contribution in [0, 0.1) is 12.8 Å². The molecule has 4 heteroatoms. The highest BCUT2D eigenvalue weighted by Crippen LogP contribution is 2.29. The predicted octanol–water partition coefficient (Wildman–Crippen LogP) is 3.98. The van der Waals surface area contributed by atoms with Crippen LogP contribution >= 0.6 is 15.9 Å². The van der Waals surface area contributed by atoms with E-state index in [1.807, 2.05) is 4.68 Å². The van der Waals surface area contributed by atoms with Crippen LogP contribution in [0.4, 0.5) is 0 Å². The van der Waals surface area contributed by atoms with Crippen LogP contribution in [0.3, 0.4) is 0 Å². The van der Waals surface area contributed by atoms with Gasteiger partial charge in [0.2, 0.25) is 0 Å². The quantitative estimate of drug-likeness (QED) is 0.847. The number of halogens is 1. The first-order chi connectivity index (χ1) is 9.61. The van der Waals surface area contributed by atoms with Gasteiger partial charge in [0.1, 0.15) is 0 Å². The van der Waals surface area contributed by atoms with E-state index in [-0.39, 0.29) is 0 Å². The molecular weight excluding hydrogens is 314 g/mol. The maximum absolute atomic E-state index is 4.51. The predicted molar refractivity (Wildman–Crippen MR) is 88.0 cm³/mol. The Hall–Kier alpha value is -0.350. The van der Waals surface area contributed by atoms with Gasteiger partial charge in [-0.25, -0.2) is 0 Å². The molecule has 114 valence electrons. The van der Waals surface area contributed by atoms with Crippen molar-refractivity contribution in [1.82, 2.24) is 15.1 Å². The molecule has 0 amide bonds. The van der Waals surface area contributed by atoms with Gasteiger partial charge in [0.15, 0.2) is 0 Å². The average Bonchev–Trinajstić information content (AvgIpc) is 2.67. The molecule has 1 aliphatic carbocycles. The molecule has 20 heavy (non-hydrogen) atoms. The van der Waals surface area contributed by atoms with Crippen molar-refractivity contribution in [2.24, 2.45) is 13.0 Å². The molecule has 0 aromatic carbocycles. The molecule has 0 spiro atoms. The molecule has 0 radical (unpaired) electrons. The number of nitrogens with zero attached hydrogens (tertiary/aromatic N) is 2. The van der Waals surface area contributed by atoms with E-state index >= 15 is 0 Å². The minimum atomic E-state index is 0.578. The fraction of sp³-hybridized carbons (Fsp3) is 0.812. The number of likely N-dealkylation sites (N-methyl/N-ethyl adjacent to an activating group) is 1. The third-order valence-corrected chi connectivity index (χ3v) is 5.57. The Bertz CT molecular complexity index is 422. The summed E-state index contributed by atoms with van der Waals surface area (Å²) in [5.74, 6) is 0.917.